The van der Waals surface area contributed by atoms with E-state index in [2.05, 4.69) is 39.2 Å². The molecule has 0 fully saturated rings. The van der Waals surface area contributed by atoms with Crippen molar-refractivity contribution in [2.75, 3.05) is 5.88 Å². The molecule has 0 spiro atoms. The SMILES string of the molecule is C[C@@H](C1=CNCS1)C(C)(C)C. The van der Waals surface area contributed by atoms with Gasteiger partial charge < -0.3 is 5.32 Å². The lowest BCUT2D eigenvalue weighted by Gasteiger charge is -2.27. The summed E-state index contributed by atoms with van der Waals surface area (Å²) in [6, 6.07) is 0. The maximum absolute atomic E-state index is 3.23. The van der Waals surface area contributed by atoms with Crippen molar-refractivity contribution in [2.24, 2.45) is 11.3 Å². The van der Waals surface area contributed by atoms with Gasteiger partial charge in [0.05, 0.1) is 5.88 Å². The third-order valence-electron chi connectivity index (χ3n) is 2.29. The largest absolute Gasteiger partial charge is 0.381 e. The second kappa shape index (κ2) is 3.10. The Morgan fingerprint density at radius 2 is 2.18 bits per heavy atom. The highest BCUT2D eigenvalue weighted by molar-refractivity contribution is 8.03. The molecule has 0 saturated heterocycles. The molecule has 0 aromatic rings. The molecule has 0 aliphatic carbocycles. The molecule has 2 heteroatoms. The van der Waals surface area contributed by atoms with Crippen LogP contribution in [0.15, 0.2) is 11.1 Å². The molecular formula is C9H17NS. The Balaban J connectivity index is 2.60. The lowest BCUT2D eigenvalue weighted by molar-refractivity contribution is 0.310. The van der Waals surface area contributed by atoms with Gasteiger partial charge in [-0.15, -0.1) is 11.8 Å². The lowest BCUT2D eigenvalue weighted by Crippen LogP contribution is -2.17. The summed E-state index contributed by atoms with van der Waals surface area (Å²) in [6.45, 7) is 9.16. The topological polar surface area (TPSA) is 12.0 Å². The smallest absolute Gasteiger partial charge is 0.0649 e. The molecule has 0 aromatic carbocycles. The molecule has 11 heavy (non-hydrogen) atoms. The van der Waals surface area contributed by atoms with E-state index < -0.39 is 0 Å². The third-order valence-corrected chi connectivity index (χ3v) is 3.41. The fourth-order valence-electron chi connectivity index (χ4n) is 0.986. The summed E-state index contributed by atoms with van der Waals surface area (Å²) in [6.07, 6.45) is 2.15. The average molecular weight is 171 g/mol. The molecule has 0 aromatic heterocycles. The van der Waals surface area contributed by atoms with Crippen LogP contribution in [0.4, 0.5) is 0 Å². The number of nitrogens with one attached hydrogen (secondary N) is 1. The molecule has 0 amide bonds. The monoisotopic (exact) mass is 171 g/mol. The molecular weight excluding hydrogens is 154 g/mol. The molecule has 1 heterocycles. The molecule has 0 bridgehead atoms. The van der Waals surface area contributed by atoms with Crippen molar-refractivity contribution in [1.82, 2.24) is 5.32 Å². The van der Waals surface area contributed by atoms with Gasteiger partial charge in [0.1, 0.15) is 0 Å². The van der Waals surface area contributed by atoms with E-state index >= 15 is 0 Å². The minimum absolute atomic E-state index is 0.394. The van der Waals surface area contributed by atoms with E-state index in [9.17, 15) is 0 Å². The standard InChI is InChI=1S/C9H17NS/c1-7(9(2,3)4)8-5-10-6-11-8/h5,7,10H,6H2,1-4H3/t7-/m0/s1. The van der Waals surface area contributed by atoms with Crippen LogP contribution >= 0.6 is 11.8 Å². The predicted octanol–water partition coefficient (Wildman–Crippen LogP) is 2.80. The van der Waals surface area contributed by atoms with E-state index in [0.29, 0.717) is 11.3 Å². The Labute approximate surface area is 73.6 Å². The number of hydrogen-bond acceptors (Lipinski definition) is 2. The van der Waals surface area contributed by atoms with Crippen LogP contribution in [0.2, 0.25) is 0 Å². The minimum atomic E-state index is 0.394. The quantitative estimate of drug-likeness (QED) is 0.651. The van der Waals surface area contributed by atoms with E-state index in [4.69, 9.17) is 0 Å². The molecule has 1 rings (SSSR count). The Morgan fingerprint density at radius 3 is 2.55 bits per heavy atom. The fourth-order valence-corrected chi connectivity index (χ4v) is 2.09. The second-order valence-electron chi connectivity index (χ2n) is 4.13. The van der Waals surface area contributed by atoms with Crippen molar-refractivity contribution in [3.8, 4) is 0 Å². The average Bonchev–Trinajstić information content (AvgIpc) is 2.34. The Hall–Kier alpha value is -0.110. The molecule has 0 radical (unpaired) electrons. The van der Waals surface area contributed by atoms with Crippen LogP contribution in [0.1, 0.15) is 27.7 Å². The van der Waals surface area contributed by atoms with Crippen molar-refractivity contribution in [1.29, 1.82) is 0 Å². The van der Waals surface area contributed by atoms with E-state index in [1.165, 1.54) is 4.91 Å². The number of allylic oxidation sites excluding steroid dienone is 1. The summed E-state index contributed by atoms with van der Waals surface area (Å²) in [5.74, 6) is 1.72. The molecule has 64 valence electrons. The molecule has 1 aliphatic rings. The number of thioether (sulfide) groups is 1. The first-order valence-corrected chi connectivity index (χ1v) is 5.06. The summed E-state index contributed by atoms with van der Waals surface area (Å²) in [4.78, 5) is 1.50. The van der Waals surface area contributed by atoms with Crippen LogP contribution in [-0.2, 0) is 0 Å². The molecule has 1 aliphatic heterocycles. The van der Waals surface area contributed by atoms with Gasteiger partial charge in [-0.05, 0) is 11.3 Å². The van der Waals surface area contributed by atoms with Crippen molar-refractivity contribution >= 4 is 11.8 Å². The van der Waals surface area contributed by atoms with Crippen molar-refractivity contribution in [3.63, 3.8) is 0 Å². The highest BCUT2D eigenvalue weighted by Gasteiger charge is 2.25. The fraction of sp³-hybridized carbons (Fsp3) is 0.778. The van der Waals surface area contributed by atoms with Crippen LogP contribution in [0, 0.1) is 11.3 Å². The molecule has 0 unspecified atom stereocenters. The van der Waals surface area contributed by atoms with Gasteiger partial charge >= 0.3 is 0 Å². The molecule has 1 atom stereocenters. The van der Waals surface area contributed by atoms with Crippen LogP contribution < -0.4 is 5.32 Å². The molecule has 1 N–H and O–H groups in total. The van der Waals surface area contributed by atoms with Crippen LogP contribution in [-0.4, -0.2) is 5.88 Å². The summed E-state index contributed by atoms with van der Waals surface area (Å²) in [5, 5.41) is 3.23. The van der Waals surface area contributed by atoms with Gasteiger partial charge in [-0.2, -0.15) is 0 Å². The van der Waals surface area contributed by atoms with Gasteiger partial charge in [0.15, 0.2) is 0 Å². The zero-order valence-corrected chi connectivity index (χ0v) is 8.59. The minimum Gasteiger partial charge on any atom is -0.381 e. The van der Waals surface area contributed by atoms with E-state index in [1.807, 2.05) is 11.8 Å². The van der Waals surface area contributed by atoms with Gasteiger partial charge in [-0.1, -0.05) is 27.7 Å². The molecule has 1 nitrogen and oxygen atoms in total. The van der Waals surface area contributed by atoms with E-state index in [-0.39, 0.29) is 0 Å². The normalized spacial score (nSPS) is 20.9. The van der Waals surface area contributed by atoms with E-state index in [0.717, 1.165) is 5.88 Å². The maximum Gasteiger partial charge on any atom is 0.0649 e. The number of rotatable bonds is 1. The Bertz CT molecular complexity index is 167. The summed E-state index contributed by atoms with van der Waals surface area (Å²) in [7, 11) is 0. The highest BCUT2D eigenvalue weighted by atomic mass is 32.2. The summed E-state index contributed by atoms with van der Waals surface area (Å²) in [5.41, 5.74) is 0.394. The first kappa shape index (κ1) is 8.98. The van der Waals surface area contributed by atoms with Crippen molar-refractivity contribution < 1.29 is 0 Å². The zero-order valence-electron chi connectivity index (χ0n) is 7.77. The zero-order chi connectivity index (χ0) is 8.48. The lowest BCUT2D eigenvalue weighted by atomic mass is 9.82. The first-order chi connectivity index (χ1) is 5.02. The van der Waals surface area contributed by atoms with Gasteiger partial charge in [0, 0.05) is 11.1 Å². The van der Waals surface area contributed by atoms with Crippen LogP contribution in [0.25, 0.3) is 0 Å². The van der Waals surface area contributed by atoms with Crippen molar-refractivity contribution in [2.45, 2.75) is 27.7 Å². The van der Waals surface area contributed by atoms with Gasteiger partial charge in [-0.25, -0.2) is 0 Å². The summed E-state index contributed by atoms with van der Waals surface area (Å²) >= 11 is 1.93. The summed E-state index contributed by atoms with van der Waals surface area (Å²) < 4.78 is 0. The van der Waals surface area contributed by atoms with Crippen LogP contribution in [0.3, 0.4) is 0 Å². The number of hydrogen-bond donors (Lipinski definition) is 1. The highest BCUT2D eigenvalue weighted by Crippen LogP contribution is 2.38. The maximum atomic E-state index is 3.23. The Morgan fingerprint density at radius 1 is 1.55 bits per heavy atom. The Kier molecular flexibility index (Phi) is 2.53. The molecule has 0 saturated carbocycles. The van der Waals surface area contributed by atoms with Crippen molar-refractivity contribution in [3.05, 3.63) is 11.1 Å². The van der Waals surface area contributed by atoms with Gasteiger partial charge in [0.25, 0.3) is 0 Å². The first-order valence-electron chi connectivity index (χ1n) is 4.08. The van der Waals surface area contributed by atoms with E-state index in [1.54, 1.807) is 0 Å². The predicted molar refractivity (Wildman–Crippen MR) is 52.3 cm³/mol. The van der Waals surface area contributed by atoms with Gasteiger partial charge in [-0.3, -0.25) is 0 Å². The third kappa shape index (κ3) is 2.16. The van der Waals surface area contributed by atoms with Gasteiger partial charge in [0.2, 0.25) is 0 Å². The second-order valence-corrected chi connectivity index (χ2v) is 5.18. The van der Waals surface area contributed by atoms with Crippen LogP contribution in [0.5, 0.6) is 0 Å².